The van der Waals surface area contributed by atoms with Gasteiger partial charge in [0.25, 0.3) is 5.91 Å². The highest BCUT2D eigenvalue weighted by molar-refractivity contribution is 5.94. The average molecular weight is 323 g/mol. The standard InChI is InChI=1S/C20H21NO3/c1-15(22)17-8-10-19(11-9-17)24-14-16-4-6-18(7-5-16)20(23)21-12-2-3-13-21/h4-11H,2-3,12-14H2,1H3. The molecule has 1 aliphatic heterocycles. The normalized spacial score (nSPS) is 13.8. The Bertz CT molecular complexity index is 714. The molecule has 1 heterocycles. The molecule has 1 fully saturated rings. The first-order chi connectivity index (χ1) is 11.6. The van der Waals surface area contributed by atoms with Gasteiger partial charge in [0.15, 0.2) is 5.78 Å². The lowest BCUT2D eigenvalue weighted by atomic mass is 10.1. The first-order valence-electron chi connectivity index (χ1n) is 8.25. The summed E-state index contributed by atoms with van der Waals surface area (Å²) in [5, 5.41) is 0. The fraction of sp³-hybridized carbons (Fsp3) is 0.300. The van der Waals surface area contributed by atoms with Crippen LogP contribution in [0.3, 0.4) is 0 Å². The van der Waals surface area contributed by atoms with Crippen molar-refractivity contribution < 1.29 is 14.3 Å². The third-order valence-electron chi connectivity index (χ3n) is 4.26. The molecule has 4 heteroatoms. The van der Waals surface area contributed by atoms with Gasteiger partial charge in [-0.3, -0.25) is 9.59 Å². The van der Waals surface area contributed by atoms with E-state index < -0.39 is 0 Å². The second-order valence-electron chi connectivity index (χ2n) is 6.07. The second kappa shape index (κ2) is 7.30. The van der Waals surface area contributed by atoms with E-state index in [1.165, 1.54) is 0 Å². The number of carbonyl (C=O) groups excluding carboxylic acids is 2. The Morgan fingerprint density at radius 2 is 1.50 bits per heavy atom. The van der Waals surface area contributed by atoms with E-state index >= 15 is 0 Å². The molecule has 124 valence electrons. The van der Waals surface area contributed by atoms with Crippen molar-refractivity contribution >= 4 is 11.7 Å². The zero-order chi connectivity index (χ0) is 16.9. The van der Waals surface area contributed by atoms with Crippen LogP contribution in [0, 0.1) is 0 Å². The summed E-state index contributed by atoms with van der Waals surface area (Å²) < 4.78 is 5.72. The minimum absolute atomic E-state index is 0.0415. The summed E-state index contributed by atoms with van der Waals surface area (Å²) in [5.41, 5.74) is 2.40. The smallest absolute Gasteiger partial charge is 0.253 e. The van der Waals surface area contributed by atoms with E-state index in [-0.39, 0.29) is 11.7 Å². The number of amides is 1. The lowest BCUT2D eigenvalue weighted by molar-refractivity contribution is 0.0792. The summed E-state index contributed by atoms with van der Waals surface area (Å²) >= 11 is 0. The van der Waals surface area contributed by atoms with Crippen LogP contribution in [0.25, 0.3) is 0 Å². The van der Waals surface area contributed by atoms with Crippen molar-refractivity contribution in [3.63, 3.8) is 0 Å². The number of likely N-dealkylation sites (tertiary alicyclic amines) is 1. The maximum absolute atomic E-state index is 12.3. The predicted molar refractivity (Wildman–Crippen MR) is 92.4 cm³/mol. The Balaban J connectivity index is 1.57. The molecule has 0 unspecified atom stereocenters. The Morgan fingerprint density at radius 3 is 2.08 bits per heavy atom. The highest BCUT2D eigenvalue weighted by atomic mass is 16.5. The van der Waals surface area contributed by atoms with Crippen LogP contribution in [-0.2, 0) is 6.61 Å². The Labute approximate surface area is 142 Å². The molecular weight excluding hydrogens is 302 g/mol. The van der Waals surface area contributed by atoms with E-state index in [0.717, 1.165) is 42.8 Å². The number of ether oxygens (including phenoxy) is 1. The molecule has 0 radical (unpaired) electrons. The van der Waals surface area contributed by atoms with E-state index in [2.05, 4.69) is 0 Å². The molecule has 2 aromatic rings. The number of rotatable bonds is 5. The molecule has 0 saturated carbocycles. The molecule has 3 rings (SSSR count). The van der Waals surface area contributed by atoms with Gasteiger partial charge >= 0.3 is 0 Å². The van der Waals surface area contributed by atoms with Crippen LogP contribution in [0.5, 0.6) is 5.75 Å². The van der Waals surface area contributed by atoms with Crippen molar-refractivity contribution in [1.82, 2.24) is 4.90 Å². The molecule has 1 aliphatic rings. The Kier molecular flexibility index (Phi) is 4.94. The van der Waals surface area contributed by atoms with Crippen LogP contribution in [0.2, 0.25) is 0 Å². The van der Waals surface area contributed by atoms with Crippen LogP contribution >= 0.6 is 0 Å². The molecule has 24 heavy (non-hydrogen) atoms. The van der Waals surface area contributed by atoms with Crippen LogP contribution in [0.4, 0.5) is 0 Å². The second-order valence-corrected chi connectivity index (χ2v) is 6.07. The largest absolute Gasteiger partial charge is 0.489 e. The van der Waals surface area contributed by atoms with Crippen molar-refractivity contribution in [2.45, 2.75) is 26.4 Å². The highest BCUT2D eigenvalue weighted by Gasteiger charge is 2.19. The van der Waals surface area contributed by atoms with Gasteiger partial charge in [0, 0.05) is 24.2 Å². The molecule has 0 atom stereocenters. The number of hydrogen-bond donors (Lipinski definition) is 0. The average Bonchev–Trinajstić information content (AvgIpc) is 3.15. The van der Waals surface area contributed by atoms with Crippen LogP contribution in [0.15, 0.2) is 48.5 Å². The Hall–Kier alpha value is -2.62. The van der Waals surface area contributed by atoms with Crippen molar-refractivity contribution in [2.24, 2.45) is 0 Å². The molecule has 0 aliphatic carbocycles. The van der Waals surface area contributed by atoms with Crippen molar-refractivity contribution in [1.29, 1.82) is 0 Å². The summed E-state index contributed by atoms with van der Waals surface area (Å²) in [7, 11) is 0. The molecule has 4 nitrogen and oxygen atoms in total. The van der Waals surface area contributed by atoms with Gasteiger partial charge in [0.05, 0.1) is 0 Å². The van der Waals surface area contributed by atoms with Gasteiger partial charge in [-0.2, -0.15) is 0 Å². The molecule has 2 aromatic carbocycles. The first kappa shape index (κ1) is 16.2. The van der Waals surface area contributed by atoms with Gasteiger partial charge in [-0.1, -0.05) is 12.1 Å². The summed E-state index contributed by atoms with van der Waals surface area (Å²) in [6.07, 6.45) is 2.19. The van der Waals surface area contributed by atoms with Gasteiger partial charge in [-0.15, -0.1) is 0 Å². The summed E-state index contributed by atoms with van der Waals surface area (Å²) in [6.45, 7) is 3.69. The van der Waals surface area contributed by atoms with Gasteiger partial charge in [-0.25, -0.2) is 0 Å². The summed E-state index contributed by atoms with van der Waals surface area (Å²) in [4.78, 5) is 25.4. The molecule has 0 spiro atoms. The lowest BCUT2D eigenvalue weighted by Gasteiger charge is -2.15. The van der Waals surface area contributed by atoms with Gasteiger partial charge in [0.2, 0.25) is 0 Å². The van der Waals surface area contributed by atoms with Crippen LogP contribution in [-0.4, -0.2) is 29.7 Å². The molecule has 0 bridgehead atoms. The molecule has 0 N–H and O–H groups in total. The van der Waals surface area contributed by atoms with Crippen molar-refractivity contribution in [3.8, 4) is 5.75 Å². The number of benzene rings is 2. The highest BCUT2D eigenvalue weighted by Crippen LogP contribution is 2.16. The predicted octanol–water partition coefficient (Wildman–Crippen LogP) is 3.70. The maximum atomic E-state index is 12.3. The number of ketones is 1. The van der Waals surface area contributed by atoms with Gasteiger partial charge in [0.1, 0.15) is 12.4 Å². The van der Waals surface area contributed by atoms with Crippen LogP contribution < -0.4 is 4.74 Å². The zero-order valence-electron chi connectivity index (χ0n) is 13.8. The van der Waals surface area contributed by atoms with E-state index in [4.69, 9.17) is 4.74 Å². The van der Waals surface area contributed by atoms with E-state index in [0.29, 0.717) is 12.2 Å². The first-order valence-corrected chi connectivity index (χ1v) is 8.25. The number of Topliss-reactive ketones (excluding diaryl/α,β-unsaturated/α-hetero) is 1. The quantitative estimate of drug-likeness (QED) is 0.788. The third-order valence-corrected chi connectivity index (χ3v) is 4.26. The Morgan fingerprint density at radius 1 is 0.917 bits per heavy atom. The van der Waals surface area contributed by atoms with Gasteiger partial charge < -0.3 is 9.64 Å². The van der Waals surface area contributed by atoms with E-state index in [1.807, 2.05) is 29.2 Å². The number of nitrogens with zero attached hydrogens (tertiary/aromatic N) is 1. The summed E-state index contributed by atoms with van der Waals surface area (Å²) in [5.74, 6) is 0.872. The fourth-order valence-corrected chi connectivity index (χ4v) is 2.80. The van der Waals surface area contributed by atoms with Crippen LogP contribution in [0.1, 0.15) is 46.0 Å². The van der Waals surface area contributed by atoms with Gasteiger partial charge in [-0.05, 0) is 61.7 Å². The minimum atomic E-state index is 0.0415. The lowest BCUT2D eigenvalue weighted by Crippen LogP contribution is -2.27. The topological polar surface area (TPSA) is 46.6 Å². The molecule has 1 amide bonds. The number of hydrogen-bond acceptors (Lipinski definition) is 3. The van der Waals surface area contributed by atoms with Crippen molar-refractivity contribution in [3.05, 3.63) is 65.2 Å². The monoisotopic (exact) mass is 323 g/mol. The molecular formula is C20H21NO3. The number of carbonyl (C=O) groups is 2. The fourth-order valence-electron chi connectivity index (χ4n) is 2.80. The SMILES string of the molecule is CC(=O)c1ccc(OCc2ccc(C(=O)N3CCCC3)cc2)cc1. The molecule has 0 aromatic heterocycles. The minimum Gasteiger partial charge on any atom is -0.489 e. The van der Waals surface area contributed by atoms with Crippen molar-refractivity contribution in [2.75, 3.05) is 13.1 Å². The van der Waals surface area contributed by atoms with E-state index in [1.54, 1.807) is 31.2 Å². The zero-order valence-corrected chi connectivity index (χ0v) is 13.8. The molecule has 1 saturated heterocycles. The van der Waals surface area contributed by atoms with E-state index in [9.17, 15) is 9.59 Å². The maximum Gasteiger partial charge on any atom is 0.253 e. The third kappa shape index (κ3) is 3.82. The summed E-state index contributed by atoms with van der Waals surface area (Å²) in [6, 6.07) is 14.7.